The summed E-state index contributed by atoms with van der Waals surface area (Å²) < 4.78 is 32.6. The number of unbranched alkanes of at least 4 members (excludes halogenated alkanes) is 12. The number of allylic oxidation sites excluding steroid dienone is 7. The number of carbonyl (C=O) groups is 2. The molecule has 0 amide bonds. The summed E-state index contributed by atoms with van der Waals surface area (Å²) in [5.74, 6) is -0.207. The van der Waals surface area contributed by atoms with Gasteiger partial charge in [0.25, 0.3) is 0 Å². The van der Waals surface area contributed by atoms with Gasteiger partial charge < -0.3 is 29.7 Å². The van der Waals surface area contributed by atoms with Crippen LogP contribution in [0.3, 0.4) is 0 Å². The molecule has 0 saturated carbocycles. The van der Waals surface area contributed by atoms with E-state index >= 15 is 0 Å². The largest absolute Gasteiger partial charge is 0.472 e. The lowest BCUT2D eigenvalue weighted by molar-refractivity contribution is -0.161. The zero-order valence-electron chi connectivity index (χ0n) is 35.1. The first kappa shape index (κ1) is 53.9. The number of aliphatic hydroxyl groups excluding tert-OH is 3. The first-order valence-corrected chi connectivity index (χ1v) is 23.0. The average molecular weight is 815 g/mol. The summed E-state index contributed by atoms with van der Waals surface area (Å²) in [6.45, 7) is 4.42. The molecule has 0 aliphatic carbocycles. The molecule has 0 spiro atoms. The Morgan fingerprint density at radius 1 is 0.607 bits per heavy atom. The maximum absolute atomic E-state index is 12.6. The Morgan fingerprint density at radius 3 is 1.66 bits per heavy atom. The summed E-state index contributed by atoms with van der Waals surface area (Å²) in [5.41, 5.74) is 0. The molecule has 0 rings (SSSR count). The topological polar surface area (TPSA) is 169 Å². The molecule has 56 heavy (non-hydrogen) atoms. The zero-order chi connectivity index (χ0) is 41.5. The second-order valence-electron chi connectivity index (χ2n) is 15.0. The predicted molar refractivity (Wildman–Crippen MR) is 225 cm³/mol. The smallest absolute Gasteiger partial charge is 0.462 e. The van der Waals surface area contributed by atoms with E-state index in [0.29, 0.717) is 25.7 Å². The molecule has 0 fully saturated rings. The van der Waals surface area contributed by atoms with Crippen LogP contribution in [0.2, 0.25) is 0 Å². The fourth-order valence-electron chi connectivity index (χ4n) is 5.66. The molecule has 0 heterocycles. The molecule has 11 nitrogen and oxygen atoms in total. The van der Waals surface area contributed by atoms with Gasteiger partial charge in [0.15, 0.2) is 6.10 Å². The summed E-state index contributed by atoms with van der Waals surface area (Å²) in [5, 5.41) is 28.0. The highest BCUT2D eigenvalue weighted by molar-refractivity contribution is 7.47. The molecule has 0 radical (unpaired) electrons. The number of phosphoric ester groups is 1. The van der Waals surface area contributed by atoms with Gasteiger partial charge in [-0.05, 0) is 57.3 Å². The lowest BCUT2D eigenvalue weighted by atomic mass is 10.0. The molecular formula is C44H79O11P. The minimum Gasteiger partial charge on any atom is -0.462 e. The van der Waals surface area contributed by atoms with Gasteiger partial charge in [-0.15, -0.1) is 0 Å². The molecule has 326 valence electrons. The highest BCUT2D eigenvalue weighted by atomic mass is 31.2. The highest BCUT2D eigenvalue weighted by Crippen LogP contribution is 2.43. The third-order valence-corrected chi connectivity index (χ3v) is 9.92. The molecule has 4 N–H and O–H groups in total. The van der Waals surface area contributed by atoms with Crippen LogP contribution < -0.4 is 0 Å². The quantitative estimate of drug-likeness (QED) is 0.0202. The van der Waals surface area contributed by atoms with E-state index in [9.17, 15) is 29.3 Å². The van der Waals surface area contributed by atoms with Crippen molar-refractivity contribution >= 4 is 19.8 Å². The number of hydrogen-bond acceptors (Lipinski definition) is 10. The van der Waals surface area contributed by atoms with Gasteiger partial charge in [-0.1, -0.05) is 153 Å². The van der Waals surface area contributed by atoms with Crippen LogP contribution in [-0.2, 0) is 32.7 Å². The summed E-state index contributed by atoms with van der Waals surface area (Å²) in [7, 11) is -4.64. The minimum atomic E-state index is -4.64. The van der Waals surface area contributed by atoms with Crippen LogP contribution in [0.4, 0.5) is 0 Å². The summed E-state index contributed by atoms with van der Waals surface area (Å²) in [4.78, 5) is 34.9. The first-order valence-electron chi connectivity index (χ1n) is 21.5. The number of ether oxygens (including phenoxy) is 2. The number of rotatable bonds is 39. The lowest BCUT2D eigenvalue weighted by Gasteiger charge is -2.20. The van der Waals surface area contributed by atoms with Gasteiger partial charge in [-0.3, -0.25) is 18.6 Å². The van der Waals surface area contributed by atoms with Gasteiger partial charge in [0, 0.05) is 12.8 Å². The van der Waals surface area contributed by atoms with Gasteiger partial charge in [-0.2, -0.15) is 0 Å². The normalized spacial score (nSPS) is 15.0. The van der Waals surface area contributed by atoms with Crippen molar-refractivity contribution in [1.29, 1.82) is 0 Å². The Balaban J connectivity index is 4.42. The molecule has 0 aromatic carbocycles. The summed E-state index contributed by atoms with van der Waals surface area (Å²) >= 11 is 0. The third kappa shape index (κ3) is 38.7. The maximum atomic E-state index is 12.6. The van der Waals surface area contributed by atoms with Crippen LogP contribution in [0.1, 0.15) is 168 Å². The van der Waals surface area contributed by atoms with Crippen molar-refractivity contribution in [2.45, 2.75) is 187 Å². The Bertz CT molecular complexity index is 1100. The van der Waals surface area contributed by atoms with Crippen LogP contribution in [-0.4, -0.2) is 76.9 Å². The van der Waals surface area contributed by atoms with Crippen molar-refractivity contribution in [3.8, 4) is 0 Å². The fourth-order valence-corrected chi connectivity index (χ4v) is 6.45. The van der Waals surface area contributed by atoms with Gasteiger partial charge in [0.2, 0.25) is 0 Å². The average Bonchev–Trinajstić information content (AvgIpc) is 3.16. The highest BCUT2D eigenvalue weighted by Gasteiger charge is 2.27. The molecule has 12 heteroatoms. The van der Waals surface area contributed by atoms with Gasteiger partial charge >= 0.3 is 19.8 Å². The van der Waals surface area contributed by atoms with Gasteiger partial charge in [-0.25, -0.2) is 4.57 Å². The van der Waals surface area contributed by atoms with E-state index in [4.69, 9.17) is 19.1 Å². The summed E-state index contributed by atoms with van der Waals surface area (Å²) in [6.07, 6.45) is 35.8. The Labute approximate surface area is 339 Å². The van der Waals surface area contributed by atoms with Crippen LogP contribution >= 0.6 is 7.82 Å². The van der Waals surface area contributed by atoms with Crippen molar-refractivity contribution in [2.24, 2.45) is 5.92 Å². The molecule has 0 bridgehead atoms. The van der Waals surface area contributed by atoms with Crippen LogP contribution in [0, 0.1) is 5.92 Å². The van der Waals surface area contributed by atoms with E-state index in [1.807, 2.05) is 18.2 Å². The molecule has 0 saturated heterocycles. The van der Waals surface area contributed by atoms with Crippen molar-refractivity contribution in [2.75, 3.05) is 26.4 Å². The number of hydrogen-bond donors (Lipinski definition) is 4. The lowest BCUT2D eigenvalue weighted by Crippen LogP contribution is -2.29. The van der Waals surface area contributed by atoms with E-state index in [-0.39, 0.29) is 25.6 Å². The third-order valence-electron chi connectivity index (χ3n) is 8.97. The number of phosphoric acid groups is 1. The number of carbonyl (C=O) groups excluding carboxylic acids is 2. The van der Waals surface area contributed by atoms with Crippen LogP contribution in [0.25, 0.3) is 0 Å². The monoisotopic (exact) mass is 815 g/mol. The van der Waals surface area contributed by atoms with E-state index < -0.39 is 51.8 Å². The Morgan fingerprint density at radius 2 is 1.11 bits per heavy atom. The second-order valence-corrected chi connectivity index (χ2v) is 16.5. The fraction of sp³-hybridized carbons (Fsp3) is 0.773. The maximum Gasteiger partial charge on any atom is 0.472 e. The van der Waals surface area contributed by atoms with E-state index in [1.165, 1.54) is 57.8 Å². The van der Waals surface area contributed by atoms with E-state index in [1.54, 1.807) is 0 Å². The van der Waals surface area contributed by atoms with E-state index in [2.05, 4.69) is 55.7 Å². The summed E-state index contributed by atoms with van der Waals surface area (Å²) in [6, 6.07) is 0. The molecule has 0 aliphatic rings. The molecule has 0 aliphatic heterocycles. The van der Waals surface area contributed by atoms with E-state index in [0.717, 1.165) is 57.3 Å². The molecule has 0 aromatic rings. The number of esters is 2. The molecular weight excluding hydrogens is 735 g/mol. The molecule has 2 unspecified atom stereocenters. The Kier molecular flexibility index (Phi) is 37.0. The van der Waals surface area contributed by atoms with Crippen LogP contribution in [0.5, 0.6) is 0 Å². The van der Waals surface area contributed by atoms with Crippen molar-refractivity contribution in [3.63, 3.8) is 0 Å². The predicted octanol–water partition coefficient (Wildman–Crippen LogP) is 10.2. The first-order chi connectivity index (χ1) is 27.0. The van der Waals surface area contributed by atoms with Gasteiger partial charge in [0.1, 0.15) is 12.7 Å². The molecule has 0 aromatic heterocycles. The molecule has 4 atom stereocenters. The van der Waals surface area contributed by atoms with Gasteiger partial charge in [0.05, 0.1) is 25.9 Å². The van der Waals surface area contributed by atoms with Crippen molar-refractivity contribution in [3.05, 3.63) is 48.6 Å². The zero-order valence-corrected chi connectivity index (χ0v) is 36.0. The minimum absolute atomic E-state index is 0.0931. The standard InChI is InChI=1S/C44H79O11P/c1-4-30-40(46)32-27-23-19-15-11-6-5-7-13-17-21-25-29-34-44(49)55-42(38-54-56(50,51)53-36-41(47)35-45)37-52-43(48)33-28-24-20-16-12-9-8-10-14-18-22-26-31-39(2)3/h5,7,11,15,17,21,23,27,39-42,45-47H,4,6,8-10,12-14,16,18-20,22,24-26,28-38H2,1-3H3,(H,50,51)/b7-5-,15-11-,21-17-,27-23-/t40?,41-,42+/m0/s1. The Hall–Kier alpha value is -2.11. The number of aliphatic hydroxyl groups is 3. The van der Waals surface area contributed by atoms with Crippen LogP contribution in [0.15, 0.2) is 48.6 Å². The SMILES string of the molecule is CCCC(O)C/C=C\C/C=C\C/C=C\C/C=C\CCCC(=O)O[C@H](COC(=O)CCCCCCCCCCCCCCC(C)C)COP(=O)(O)OC[C@@H](O)CO. The van der Waals surface area contributed by atoms with Crippen molar-refractivity contribution < 1.29 is 52.9 Å². The van der Waals surface area contributed by atoms with Crippen molar-refractivity contribution in [1.82, 2.24) is 0 Å². The second kappa shape index (κ2) is 38.4.